The molecule has 0 aliphatic heterocycles. The van der Waals surface area contributed by atoms with Crippen molar-refractivity contribution in [2.24, 2.45) is 0 Å². The molecule has 2 rings (SSSR count). The van der Waals surface area contributed by atoms with E-state index in [0.29, 0.717) is 11.3 Å². The first-order valence-electron chi connectivity index (χ1n) is 6.06. The smallest absolute Gasteiger partial charge is 0.267 e. The monoisotopic (exact) mass is 280 g/mol. The molecule has 6 nitrogen and oxygen atoms in total. The Bertz CT molecular complexity index is 600. The van der Waals surface area contributed by atoms with E-state index in [1.54, 1.807) is 13.1 Å². The van der Waals surface area contributed by atoms with Gasteiger partial charge in [0, 0.05) is 22.8 Å². The molecule has 102 valence electrons. The molecule has 0 saturated carbocycles. The zero-order valence-electron chi connectivity index (χ0n) is 10.8. The van der Waals surface area contributed by atoms with Gasteiger partial charge in [0.2, 0.25) is 5.91 Å². The second kappa shape index (κ2) is 5.83. The van der Waals surface area contributed by atoms with Gasteiger partial charge in [-0.15, -0.1) is 11.3 Å². The van der Waals surface area contributed by atoms with Crippen LogP contribution < -0.4 is 10.9 Å². The molecule has 7 heteroatoms. The van der Waals surface area contributed by atoms with Crippen molar-refractivity contribution in [2.45, 2.75) is 32.7 Å². The minimum absolute atomic E-state index is 0.0759. The van der Waals surface area contributed by atoms with Gasteiger partial charge in [-0.05, 0) is 13.3 Å². The molecule has 19 heavy (non-hydrogen) atoms. The van der Waals surface area contributed by atoms with Crippen LogP contribution in [0.4, 0.5) is 0 Å². The summed E-state index contributed by atoms with van der Waals surface area (Å²) in [5, 5.41) is 10.8. The van der Waals surface area contributed by atoms with Crippen LogP contribution in [-0.4, -0.2) is 21.1 Å². The molecule has 0 aromatic carbocycles. The highest BCUT2D eigenvalue weighted by molar-refractivity contribution is 7.09. The number of carbonyl (C=O) groups excluding carboxylic acids is 1. The van der Waals surface area contributed by atoms with Crippen molar-refractivity contribution >= 4 is 17.2 Å². The van der Waals surface area contributed by atoms with Crippen LogP contribution in [0.3, 0.4) is 0 Å². The van der Waals surface area contributed by atoms with Crippen LogP contribution >= 0.6 is 11.3 Å². The lowest BCUT2D eigenvalue weighted by Gasteiger charge is -2.14. The van der Waals surface area contributed by atoms with Gasteiger partial charge >= 0.3 is 0 Å². The topological polar surface area (TPSA) is 90.6 Å². The van der Waals surface area contributed by atoms with E-state index in [9.17, 15) is 9.59 Å². The minimum Gasteiger partial charge on any atom is -0.347 e. The summed E-state index contributed by atoms with van der Waals surface area (Å²) in [5.74, 6) is -0.171. The number of nitrogens with zero attached hydrogens (tertiary/aromatic N) is 1. The summed E-state index contributed by atoms with van der Waals surface area (Å²) in [5.41, 5.74) is 0.934. The number of aromatic amines is 2. The first kappa shape index (κ1) is 13.5. The van der Waals surface area contributed by atoms with Crippen molar-refractivity contribution in [1.29, 1.82) is 0 Å². The van der Waals surface area contributed by atoms with Crippen molar-refractivity contribution < 1.29 is 4.79 Å². The molecule has 3 N–H and O–H groups in total. The molecule has 2 heterocycles. The highest BCUT2D eigenvalue weighted by Gasteiger charge is 2.17. The SMILES string of the molecule is CC[C@H](NC(=O)Cc1c(C)[nH][nH]c1=O)c1nccs1. The summed E-state index contributed by atoms with van der Waals surface area (Å²) in [6.07, 6.45) is 2.56. The van der Waals surface area contributed by atoms with Crippen molar-refractivity contribution in [2.75, 3.05) is 0 Å². The Labute approximate surface area is 114 Å². The van der Waals surface area contributed by atoms with E-state index in [1.165, 1.54) is 11.3 Å². The number of hydrogen-bond donors (Lipinski definition) is 3. The fourth-order valence-corrected chi connectivity index (χ4v) is 2.61. The zero-order chi connectivity index (χ0) is 13.8. The largest absolute Gasteiger partial charge is 0.347 e. The normalized spacial score (nSPS) is 12.3. The number of rotatable bonds is 5. The van der Waals surface area contributed by atoms with E-state index < -0.39 is 0 Å². The van der Waals surface area contributed by atoms with Gasteiger partial charge in [-0.1, -0.05) is 6.92 Å². The number of nitrogens with one attached hydrogen (secondary N) is 3. The van der Waals surface area contributed by atoms with E-state index in [0.717, 1.165) is 11.4 Å². The van der Waals surface area contributed by atoms with Gasteiger partial charge < -0.3 is 10.4 Å². The van der Waals surface area contributed by atoms with Crippen LogP contribution in [0.5, 0.6) is 0 Å². The molecule has 1 atom stereocenters. The Morgan fingerprint density at radius 2 is 2.32 bits per heavy atom. The molecule has 0 saturated heterocycles. The van der Waals surface area contributed by atoms with Gasteiger partial charge in [-0.3, -0.25) is 14.7 Å². The minimum atomic E-state index is -0.241. The summed E-state index contributed by atoms with van der Waals surface area (Å²) in [6, 6.07) is -0.0918. The molecule has 0 spiro atoms. The van der Waals surface area contributed by atoms with E-state index in [2.05, 4.69) is 20.5 Å². The third-order valence-electron chi connectivity index (χ3n) is 2.92. The van der Waals surface area contributed by atoms with Crippen LogP contribution in [0.2, 0.25) is 0 Å². The highest BCUT2D eigenvalue weighted by Crippen LogP contribution is 2.18. The van der Waals surface area contributed by atoms with Crippen LogP contribution in [0.25, 0.3) is 0 Å². The predicted molar refractivity (Wildman–Crippen MR) is 73.1 cm³/mol. The number of carbonyl (C=O) groups is 1. The van der Waals surface area contributed by atoms with Crippen LogP contribution in [0, 0.1) is 6.92 Å². The summed E-state index contributed by atoms with van der Waals surface area (Å²) >= 11 is 1.51. The molecule has 0 fully saturated rings. The van der Waals surface area contributed by atoms with Gasteiger partial charge in [0.1, 0.15) is 5.01 Å². The Morgan fingerprint density at radius 1 is 1.53 bits per heavy atom. The lowest BCUT2D eigenvalue weighted by atomic mass is 10.1. The van der Waals surface area contributed by atoms with Gasteiger partial charge in [-0.25, -0.2) is 4.98 Å². The first-order valence-corrected chi connectivity index (χ1v) is 6.94. The van der Waals surface area contributed by atoms with E-state index in [1.807, 2.05) is 12.3 Å². The predicted octanol–water partition coefficient (Wildman–Crippen LogP) is 1.28. The molecule has 0 aliphatic rings. The van der Waals surface area contributed by atoms with Crippen LogP contribution in [0.15, 0.2) is 16.4 Å². The molecule has 0 aliphatic carbocycles. The average molecular weight is 280 g/mol. The molecule has 0 radical (unpaired) electrons. The Balaban J connectivity index is 2.03. The number of amides is 1. The number of aryl methyl sites for hydroxylation is 1. The Hall–Kier alpha value is -1.89. The van der Waals surface area contributed by atoms with Gasteiger partial charge in [0.05, 0.1) is 12.5 Å². The van der Waals surface area contributed by atoms with E-state index in [-0.39, 0.29) is 23.9 Å². The van der Waals surface area contributed by atoms with Gasteiger partial charge in [0.15, 0.2) is 0 Å². The van der Waals surface area contributed by atoms with Crippen molar-refractivity contribution in [3.63, 3.8) is 0 Å². The maximum atomic E-state index is 12.0. The molecule has 0 bridgehead atoms. The van der Waals surface area contributed by atoms with Gasteiger partial charge in [-0.2, -0.15) is 0 Å². The molecule has 2 aromatic rings. The molecule has 1 amide bonds. The number of hydrogen-bond acceptors (Lipinski definition) is 4. The summed E-state index contributed by atoms with van der Waals surface area (Å²) in [4.78, 5) is 27.7. The molecule has 2 aromatic heterocycles. The standard InChI is InChI=1S/C12H16N4O2S/c1-3-9(12-13-4-5-19-12)14-10(17)6-8-7(2)15-16-11(8)18/h4-5,9H,3,6H2,1-2H3,(H,14,17)(H2,15,16,18)/t9-/m0/s1. The van der Waals surface area contributed by atoms with Crippen LogP contribution in [0.1, 0.15) is 35.7 Å². The third kappa shape index (κ3) is 3.11. The number of H-pyrrole nitrogens is 2. The first-order chi connectivity index (χ1) is 9.11. The zero-order valence-corrected chi connectivity index (χ0v) is 11.6. The highest BCUT2D eigenvalue weighted by atomic mass is 32.1. The molecular formula is C12H16N4O2S. The Kier molecular flexibility index (Phi) is 4.16. The fraction of sp³-hybridized carbons (Fsp3) is 0.417. The maximum absolute atomic E-state index is 12.0. The van der Waals surface area contributed by atoms with E-state index >= 15 is 0 Å². The summed E-state index contributed by atoms with van der Waals surface area (Å²) < 4.78 is 0. The summed E-state index contributed by atoms with van der Waals surface area (Å²) in [7, 11) is 0. The number of thiazole rings is 1. The Morgan fingerprint density at radius 3 is 2.84 bits per heavy atom. The second-order valence-electron chi connectivity index (χ2n) is 4.26. The van der Waals surface area contributed by atoms with Crippen molar-refractivity contribution in [3.8, 4) is 0 Å². The van der Waals surface area contributed by atoms with Gasteiger partial charge in [0.25, 0.3) is 5.56 Å². The lowest BCUT2D eigenvalue weighted by molar-refractivity contribution is -0.121. The molecular weight excluding hydrogens is 264 g/mol. The maximum Gasteiger partial charge on any atom is 0.267 e. The second-order valence-corrected chi connectivity index (χ2v) is 5.18. The van der Waals surface area contributed by atoms with Crippen molar-refractivity contribution in [1.82, 2.24) is 20.5 Å². The third-order valence-corrected chi connectivity index (χ3v) is 3.81. The molecule has 0 unspecified atom stereocenters. The van der Waals surface area contributed by atoms with Crippen molar-refractivity contribution in [3.05, 3.63) is 38.2 Å². The average Bonchev–Trinajstić information content (AvgIpc) is 3.01. The van der Waals surface area contributed by atoms with Crippen LogP contribution in [-0.2, 0) is 11.2 Å². The lowest BCUT2D eigenvalue weighted by Crippen LogP contribution is -2.30. The quantitative estimate of drug-likeness (QED) is 0.770. The fourth-order valence-electron chi connectivity index (χ4n) is 1.84. The summed E-state index contributed by atoms with van der Waals surface area (Å²) in [6.45, 7) is 3.75. The number of aromatic nitrogens is 3. The van der Waals surface area contributed by atoms with E-state index in [4.69, 9.17) is 0 Å².